The number of anilines is 1. The number of para-hydroxylation sites is 1. The number of benzene rings is 2. The van der Waals surface area contributed by atoms with Crippen LogP contribution in [-0.2, 0) is 21.2 Å². The van der Waals surface area contributed by atoms with E-state index < -0.39 is 10.0 Å². The first-order valence-corrected chi connectivity index (χ1v) is 11.8. The monoisotopic (exact) mass is 450 g/mol. The minimum absolute atomic E-state index is 0.0528. The van der Waals surface area contributed by atoms with Gasteiger partial charge >= 0.3 is 0 Å². The quantitative estimate of drug-likeness (QED) is 0.612. The summed E-state index contributed by atoms with van der Waals surface area (Å²) in [5.74, 6) is 0.0260. The van der Waals surface area contributed by atoms with Gasteiger partial charge in [0.2, 0.25) is 0 Å². The molecular formula is C22H27ClN2O4S. The highest BCUT2D eigenvalue weighted by molar-refractivity contribution is 7.93. The van der Waals surface area contributed by atoms with E-state index in [9.17, 15) is 13.2 Å². The fourth-order valence-corrected chi connectivity index (χ4v) is 5.62. The highest BCUT2D eigenvalue weighted by Gasteiger charge is 2.33. The van der Waals surface area contributed by atoms with Gasteiger partial charge in [-0.1, -0.05) is 43.6 Å². The molecule has 2 aromatic rings. The normalized spacial score (nSPS) is 13.6. The van der Waals surface area contributed by atoms with Crippen molar-refractivity contribution in [3.63, 3.8) is 0 Å². The molecule has 0 unspecified atom stereocenters. The Morgan fingerprint density at radius 2 is 1.97 bits per heavy atom. The molecule has 6 nitrogen and oxygen atoms in total. The van der Waals surface area contributed by atoms with Crippen molar-refractivity contribution in [2.45, 2.75) is 25.2 Å². The second-order valence-electron chi connectivity index (χ2n) is 7.74. The van der Waals surface area contributed by atoms with E-state index in [4.69, 9.17) is 16.3 Å². The Hall–Kier alpha value is -2.09. The van der Waals surface area contributed by atoms with Gasteiger partial charge < -0.3 is 9.64 Å². The highest BCUT2D eigenvalue weighted by Crippen LogP contribution is 2.35. The van der Waals surface area contributed by atoms with Crippen molar-refractivity contribution < 1.29 is 17.9 Å². The number of carbonyl (C=O) groups excluding carboxylic acids is 1. The number of halogens is 1. The first-order valence-electron chi connectivity index (χ1n) is 9.94. The lowest BCUT2D eigenvalue weighted by Gasteiger charge is -2.25. The third kappa shape index (κ3) is 4.63. The van der Waals surface area contributed by atoms with Crippen LogP contribution in [0.3, 0.4) is 0 Å². The van der Waals surface area contributed by atoms with Crippen LogP contribution in [0, 0.1) is 5.92 Å². The number of fused-ring (bicyclic) bond motifs is 1. The fraction of sp³-hybridized carbons (Fsp3) is 0.409. The third-order valence-corrected chi connectivity index (χ3v) is 7.32. The van der Waals surface area contributed by atoms with Gasteiger partial charge in [0.05, 0.1) is 17.3 Å². The fourth-order valence-electron chi connectivity index (χ4n) is 3.61. The van der Waals surface area contributed by atoms with Gasteiger partial charge in [0.1, 0.15) is 4.90 Å². The van der Waals surface area contributed by atoms with Crippen molar-refractivity contribution in [2.75, 3.05) is 37.7 Å². The van der Waals surface area contributed by atoms with Crippen LogP contribution in [0.15, 0.2) is 47.4 Å². The third-order valence-electron chi connectivity index (χ3n) is 5.03. The molecule has 1 aliphatic heterocycles. The van der Waals surface area contributed by atoms with Crippen LogP contribution in [-0.4, -0.2) is 52.6 Å². The summed E-state index contributed by atoms with van der Waals surface area (Å²) in [5.41, 5.74) is 1.93. The maximum absolute atomic E-state index is 13.4. The molecule has 1 aliphatic rings. The van der Waals surface area contributed by atoms with E-state index in [0.29, 0.717) is 43.9 Å². The SMILES string of the molecule is COCCN(CC(C)C)C(=O)c1ccc(Cl)c(S(=O)(=O)N2CCc3ccccc32)c1. The van der Waals surface area contributed by atoms with Crippen LogP contribution in [0.1, 0.15) is 29.8 Å². The van der Waals surface area contributed by atoms with E-state index in [-0.39, 0.29) is 21.7 Å². The Labute approximate surface area is 183 Å². The predicted molar refractivity (Wildman–Crippen MR) is 119 cm³/mol. The number of ether oxygens (including phenoxy) is 1. The van der Waals surface area contributed by atoms with Gasteiger partial charge in [-0.2, -0.15) is 0 Å². The zero-order valence-corrected chi connectivity index (χ0v) is 19.0. The van der Waals surface area contributed by atoms with Crippen molar-refractivity contribution in [1.29, 1.82) is 0 Å². The number of carbonyl (C=O) groups is 1. The lowest BCUT2D eigenvalue weighted by Crippen LogP contribution is -2.37. The first kappa shape index (κ1) is 22.6. The molecule has 0 N–H and O–H groups in total. The first-order chi connectivity index (χ1) is 14.3. The molecule has 3 rings (SSSR count). The van der Waals surface area contributed by atoms with Crippen LogP contribution in [0.5, 0.6) is 0 Å². The minimum Gasteiger partial charge on any atom is -0.383 e. The minimum atomic E-state index is -3.90. The molecule has 0 radical (unpaired) electrons. The molecule has 8 heteroatoms. The summed E-state index contributed by atoms with van der Waals surface area (Å²) >= 11 is 6.29. The Morgan fingerprint density at radius 3 is 2.67 bits per heavy atom. The summed E-state index contributed by atoms with van der Waals surface area (Å²) in [4.78, 5) is 14.7. The molecule has 0 atom stereocenters. The van der Waals surface area contributed by atoms with Crippen molar-refractivity contribution in [2.24, 2.45) is 5.92 Å². The van der Waals surface area contributed by atoms with E-state index in [1.807, 2.05) is 32.0 Å². The van der Waals surface area contributed by atoms with Crippen LogP contribution < -0.4 is 4.31 Å². The molecule has 0 aliphatic carbocycles. The number of rotatable bonds is 8. The molecule has 1 amide bonds. The smallest absolute Gasteiger partial charge is 0.265 e. The number of sulfonamides is 1. The van der Waals surface area contributed by atoms with Gasteiger partial charge in [-0.05, 0) is 42.2 Å². The molecule has 2 aromatic carbocycles. The maximum atomic E-state index is 13.4. The molecule has 0 bridgehead atoms. The Kier molecular flexibility index (Phi) is 7.06. The van der Waals surface area contributed by atoms with E-state index in [1.54, 1.807) is 24.1 Å². The molecule has 0 spiro atoms. The summed E-state index contributed by atoms with van der Waals surface area (Å²) in [6.07, 6.45) is 0.644. The van der Waals surface area contributed by atoms with E-state index >= 15 is 0 Å². The number of hydrogen-bond donors (Lipinski definition) is 0. The largest absolute Gasteiger partial charge is 0.383 e. The van der Waals surface area contributed by atoms with Crippen LogP contribution in [0.2, 0.25) is 5.02 Å². The lowest BCUT2D eigenvalue weighted by atomic mass is 10.1. The standard InChI is InChI=1S/C22H27ClN2O4S/c1-16(2)15-24(12-13-29-3)22(26)18-8-9-19(23)21(14-18)30(27,28)25-11-10-17-6-4-5-7-20(17)25/h4-9,14,16H,10-13,15H2,1-3H3. The van der Waals surface area contributed by atoms with Crippen molar-refractivity contribution in [3.8, 4) is 0 Å². The molecule has 162 valence electrons. The molecule has 0 aromatic heterocycles. The number of nitrogens with zero attached hydrogens (tertiary/aromatic N) is 2. The van der Waals surface area contributed by atoms with Gasteiger partial charge in [0, 0.05) is 32.3 Å². The summed E-state index contributed by atoms with van der Waals surface area (Å²) in [6.45, 7) is 5.78. The molecular weight excluding hydrogens is 424 g/mol. The van der Waals surface area contributed by atoms with Crippen LogP contribution >= 0.6 is 11.6 Å². The molecule has 0 saturated carbocycles. The summed E-state index contributed by atoms with van der Waals surface area (Å²) in [5, 5.41) is 0.100. The Balaban J connectivity index is 1.96. The predicted octanol–water partition coefficient (Wildman–Crippen LogP) is 3.84. The molecule has 1 heterocycles. The topological polar surface area (TPSA) is 66.9 Å². The van der Waals surface area contributed by atoms with Crippen molar-refractivity contribution >= 4 is 33.2 Å². The van der Waals surface area contributed by atoms with Crippen molar-refractivity contribution in [1.82, 2.24) is 4.90 Å². The number of amides is 1. The summed E-state index contributed by atoms with van der Waals surface area (Å²) < 4.78 is 33.3. The number of methoxy groups -OCH3 is 1. The maximum Gasteiger partial charge on any atom is 0.265 e. The average Bonchev–Trinajstić information content (AvgIpc) is 3.15. The van der Waals surface area contributed by atoms with Gasteiger partial charge in [-0.3, -0.25) is 9.10 Å². The lowest BCUT2D eigenvalue weighted by molar-refractivity contribution is 0.0672. The zero-order valence-electron chi connectivity index (χ0n) is 17.5. The molecule has 30 heavy (non-hydrogen) atoms. The second kappa shape index (κ2) is 9.37. The van der Waals surface area contributed by atoms with Crippen molar-refractivity contribution in [3.05, 3.63) is 58.6 Å². The van der Waals surface area contributed by atoms with E-state index in [2.05, 4.69) is 0 Å². The highest BCUT2D eigenvalue weighted by atomic mass is 35.5. The van der Waals surface area contributed by atoms with Crippen LogP contribution in [0.25, 0.3) is 0 Å². The van der Waals surface area contributed by atoms with E-state index in [0.717, 1.165) is 5.56 Å². The van der Waals surface area contributed by atoms with Crippen LogP contribution in [0.4, 0.5) is 5.69 Å². The second-order valence-corrected chi connectivity index (χ2v) is 9.98. The van der Waals surface area contributed by atoms with Gasteiger partial charge in [-0.25, -0.2) is 8.42 Å². The summed E-state index contributed by atoms with van der Waals surface area (Å²) in [7, 11) is -2.32. The molecule has 0 fully saturated rings. The average molecular weight is 451 g/mol. The summed E-state index contributed by atoms with van der Waals surface area (Å²) in [6, 6.07) is 11.9. The van der Waals surface area contributed by atoms with Gasteiger partial charge in [-0.15, -0.1) is 0 Å². The van der Waals surface area contributed by atoms with E-state index in [1.165, 1.54) is 16.4 Å². The Morgan fingerprint density at radius 1 is 1.23 bits per heavy atom. The van der Waals surface area contributed by atoms with Gasteiger partial charge in [0.15, 0.2) is 0 Å². The molecule has 0 saturated heterocycles. The Bertz CT molecular complexity index is 1020. The van der Waals surface area contributed by atoms with Gasteiger partial charge in [0.25, 0.3) is 15.9 Å². The number of hydrogen-bond acceptors (Lipinski definition) is 4. The zero-order chi connectivity index (χ0) is 21.9.